The third-order valence-electron chi connectivity index (χ3n) is 2.84. The molecule has 1 atom stereocenters. The molecule has 0 aliphatic carbocycles. The molecule has 0 saturated carbocycles. The number of esters is 1. The van der Waals surface area contributed by atoms with E-state index in [1.54, 1.807) is 24.3 Å². The quantitative estimate of drug-likeness (QED) is 0.847. The van der Waals surface area contributed by atoms with E-state index in [1.165, 1.54) is 6.92 Å². The molecular formula is C14H14ClN3O3S. The Hall–Kier alpha value is -1.99. The number of rotatable bonds is 5. The van der Waals surface area contributed by atoms with Crippen LogP contribution < -0.4 is 5.32 Å². The summed E-state index contributed by atoms with van der Waals surface area (Å²) >= 11 is 6.73. The molecule has 1 aromatic carbocycles. The predicted molar refractivity (Wildman–Crippen MR) is 84.2 cm³/mol. The first-order valence-electron chi connectivity index (χ1n) is 6.60. The summed E-state index contributed by atoms with van der Waals surface area (Å²) in [4.78, 5) is 24.3. The smallest absolute Gasteiger partial charge is 0.352 e. The van der Waals surface area contributed by atoms with E-state index in [9.17, 15) is 9.59 Å². The van der Waals surface area contributed by atoms with Crippen molar-refractivity contribution in [3.63, 3.8) is 0 Å². The van der Waals surface area contributed by atoms with E-state index in [0.717, 1.165) is 11.5 Å². The van der Waals surface area contributed by atoms with Gasteiger partial charge in [0, 0.05) is 10.7 Å². The van der Waals surface area contributed by atoms with Gasteiger partial charge in [0.05, 0.1) is 5.69 Å². The van der Waals surface area contributed by atoms with Gasteiger partial charge in [0.15, 0.2) is 11.0 Å². The van der Waals surface area contributed by atoms with Gasteiger partial charge in [0.2, 0.25) is 0 Å². The van der Waals surface area contributed by atoms with Crippen molar-refractivity contribution in [1.82, 2.24) is 9.59 Å². The first kappa shape index (κ1) is 16.4. The zero-order valence-electron chi connectivity index (χ0n) is 12.0. The molecule has 0 radical (unpaired) electrons. The number of nitrogens with one attached hydrogen (secondary N) is 1. The Kier molecular flexibility index (Phi) is 5.46. The van der Waals surface area contributed by atoms with Crippen LogP contribution in [0.15, 0.2) is 24.3 Å². The molecule has 2 aromatic rings. The van der Waals surface area contributed by atoms with Crippen LogP contribution in [-0.2, 0) is 16.0 Å². The average molecular weight is 340 g/mol. The average Bonchev–Trinajstić information content (AvgIpc) is 2.98. The number of hydrogen-bond donors (Lipinski definition) is 1. The number of carbonyl (C=O) groups is 2. The molecule has 1 aromatic heterocycles. The summed E-state index contributed by atoms with van der Waals surface area (Å²) in [6.45, 7) is 3.37. The monoisotopic (exact) mass is 339 g/mol. The fourth-order valence-corrected chi connectivity index (χ4v) is 2.40. The summed E-state index contributed by atoms with van der Waals surface area (Å²) in [7, 11) is 0. The van der Waals surface area contributed by atoms with Crippen molar-refractivity contribution < 1.29 is 14.3 Å². The molecule has 0 aliphatic heterocycles. The van der Waals surface area contributed by atoms with Gasteiger partial charge >= 0.3 is 5.97 Å². The number of aryl methyl sites for hydroxylation is 1. The van der Waals surface area contributed by atoms with Gasteiger partial charge in [0.1, 0.15) is 0 Å². The molecule has 8 heteroatoms. The van der Waals surface area contributed by atoms with Crippen LogP contribution in [0.2, 0.25) is 5.02 Å². The van der Waals surface area contributed by atoms with Crippen LogP contribution >= 0.6 is 23.1 Å². The number of ether oxygens (including phenoxy) is 1. The van der Waals surface area contributed by atoms with E-state index in [-0.39, 0.29) is 0 Å². The number of benzene rings is 1. The summed E-state index contributed by atoms with van der Waals surface area (Å²) in [5.41, 5.74) is 1.14. The number of halogens is 1. The summed E-state index contributed by atoms with van der Waals surface area (Å²) in [5.74, 6) is -1.02. The van der Waals surface area contributed by atoms with Crippen LogP contribution in [0.25, 0.3) is 0 Å². The van der Waals surface area contributed by atoms with E-state index >= 15 is 0 Å². The predicted octanol–water partition coefficient (Wildman–Crippen LogP) is 2.94. The normalized spacial score (nSPS) is 11.8. The van der Waals surface area contributed by atoms with Crippen LogP contribution in [0, 0.1) is 0 Å². The van der Waals surface area contributed by atoms with Gasteiger partial charge in [-0.25, -0.2) is 4.79 Å². The highest BCUT2D eigenvalue weighted by molar-refractivity contribution is 7.07. The molecule has 6 nitrogen and oxygen atoms in total. The molecule has 1 N–H and O–H groups in total. The summed E-state index contributed by atoms with van der Waals surface area (Å²) in [6.07, 6.45) is -0.360. The highest BCUT2D eigenvalue weighted by Crippen LogP contribution is 2.16. The van der Waals surface area contributed by atoms with Gasteiger partial charge in [-0.15, -0.1) is 5.10 Å². The number of anilines is 1. The standard InChI is InChI=1S/C14H14ClN3O3S/c1-3-11-12(22-18-17-11)14(20)21-8(2)13(19)16-10-6-4-9(15)5-7-10/h4-8H,3H2,1-2H3,(H,16,19)/t8-/m0/s1. The highest BCUT2D eigenvalue weighted by Gasteiger charge is 2.22. The molecule has 1 heterocycles. The Morgan fingerprint density at radius 2 is 2.05 bits per heavy atom. The molecule has 116 valence electrons. The van der Waals surface area contributed by atoms with Crippen molar-refractivity contribution >= 4 is 40.7 Å². The second-order valence-corrected chi connectivity index (χ2v) is 5.64. The van der Waals surface area contributed by atoms with Crippen molar-refractivity contribution in [2.24, 2.45) is 0 Å². The number of aromatic nitrogens is 2. The molecule has 0 bridgehead atoms. The van der Waals surface area contributed by atoms with Crippen molar-refractivity contribution in [2.45, 2.75) is 26.4 Å². The summed E-state index contributed by atoms with van der Waals surface area (Å²) < 4.78 is 8.87. The fraction of sp³-hybridized carbons (Fsp3) is 0.286. The van der Waals surface area contributed by atoms with Crippen LogP contribution in [-0.4, -0.2) is 27.6 Å². The molecule has 0 aliphatic rings. The Morgan fingerprint density at radius 3 is 2.68 bits per heavy atom. The van der Waals surface area contributed by atoms with E-state index in [2.05, 4.69) is 14.9 Å². The highest BCUT2D eigenvalue weighted by atomic mass is 35.5. The maximum absolute atomic E-state index is 12.0. The Bertz CT molecular complexity index is 672. The summed E-state index contributed by atoms with van der Waals surface area (Å²) in [6, 6.07) is 6.64. The van der Waals surface area contributed by atoms with Crippen LogP contribution in [0.4, 0.5) is 5.69 Å². The minimum absolute atomic E-state index is 0.327. The SMILES string of the molecule is CCc1nnsc1C(=O)O[C@@H](C)C(=O)Nc1ccc(Cl)cc1. The lowest BCUT2D eigenvalue weighted by Gasteiger charge is -2.13. The first-order chi connectivity index (χ1) is 10.5. The third kappa shape index (κ3) is 4.02. The number of hydrogen-bond acceptors (Lipinski definition) is 6. The lowest BCUT2D eigenvalue weighted by Crippen LogP contribution is -2.30. The number of carbonyl (C=O) groups excluding carboxylic acids is 2. The lowest BCUT2D eigenvalue weighted by molar-refractivity contribution is -0.123. The van der Waals surface area contributed by atoms with Gasteiger partial charge in [-0.05, 0) is 49.1 Å². The van der Waals surface area contributed by atoms with Crippen molar-refractivity contribution in [3.8, 4) is 0 Å². The van der Waals surface area contributed by atoms with E-state index < -0.39 is 18.0 Å². The molecule has 0 saturated heterocycles. The first-order valence-corrected chi connectivity index (χ1v) is 7.75. The van der Waals surface area contributed by atoms with E-state index in [0.29, 0.717) is 27.7 Å². The van der Waals surface area contributed by atoms with Crippen LogP contribution in [0.1, 0.15) is 29.2 Å². The zero-order valence-corrected chi connectivity index (χ0v) is 13.6. The molecule has 0 spiro atoms. The third-order valence-corrected chi connectivity index (χ3v) is 3.84. The molecule has 2 rings (SSSR count). The van der Waals surface area contributed by atoms with E-state index in [1.807, 2.05) is 6.92 Å². The number of amides is 1. The maximum Gasteiger partial charge on any atom is 0.352 e. The summed E-state index contributed by atoms with van der Waals surface area (Å²) in [5, 5.41) is 7.06. The van der Waals surface area contributed by atoms with Crippen LogP contribution in [0.3, 0.4) is 0 Å². The Labute approximate surface area is 136 Å². The van der Waals surface area contributed by atoms with Gasteiger partial charge in [-0.2, -0.15) is 0 Å². The van der Waals surface area contributed by atoms with Gasteiger partial charge < -0.3 is 10.1 Å². The van der Waals surface area contributed by atoms with Crippen molar-refractivity contribution in [3.05, 3.63) is 39.9 Å². The largest absolute Gasteiger partial charge is 0.448 e. The fourth-order valence-electron chi connectivity index (χ4n) is 1.64. The zero-order chi connectivity index (χ0) is 16.1. The van der Waals surface area contributed by atoms with Gasteiger partial charge in [-0.1, -0.05) is 23.0 Å². The minimum atomic E-state index is -0.935. The number of nitrogens with zero attached hydrogens (tertiary/aromatic N) is 2. The van der Waals surface area contributed by atoms with E-state index in [4.69, 9.17) is 16.3 Å². The molecule has 1 amide bonds. The molecule has 22 heavy (non-hydrogen) atoms. The minimum Gasteiger partial charge on any atom is -0.448 e. The van der Waals surface area contributed by atoms with Crippen molar-refractivity contribution in [1.29, 1.82) is 0 Å². The Morgan fingerprint density at radius 1 is 1.36 bits per heavy atom. The van der Waals surface area contributed by atoms with Gasteiger partial charge in [-0.3, -0.25) is 4.79 Å². The topological polar surface area (TPSA) is 81.2 Å². The maximum atomic E-state index is 12.0. The Balaban J connectivity index is 1.96. The van der Waals surface area contributed by atoms with Gasteiger partial charge in [0.25, 0.3) is 5.91 Å². The van der Waals surface area contributed by atoms with Crippen molar-refractivity contribution in [2.75, 3.05) is 5.32 Å². The molecule has 0 unspecified atom stereocenters. The molecule has 0 fully saturated rings. The van der Waals surface area contributed by atoms with Crippen LogP contribution in [0.5, 0.6) is 0 Å². The lowest BCUT2D eigenvalue weighted by atomic mass is 10.3. The second kappa shape index (κ2) is 7.33. The molecular weight excluding hydrogens is 326 g/mol. The second-order valence-electron chi connectivity index (χ2n) is 4.45.